The minimum atomic E-state index is -4.15. The van der Waals surface area contributed by atoms with Gasteiger partial charge in [0.15, 0.2) is 0 Å². The van der Waals surface area contributed by atoms with Crippen molar-refractivity contribution in [1.82, 2.24) is 9.71 Å². The number of benzene rings is 2. The number of likely N-dealkylation sites (N-methyl/N-ethyl adjacent to an activating group) is 1. The molecule has 0 fully saturated rings. The number of anilines is 1. The summed E-state index contributed by atoms with van der Waals surface area (Å²) in [5.74, 6) is 0.568. The standard InChI is InChI=1S/C24H24N4O6S4/c1-28-10-11-33-22-14-18(8-9-21(22)28)37(29,30)27-19(20-15-36-24(26-20)23-3-2-12-35-23)13-16-4-6-17(7-5-16)34-38(25,31)32/h2-9,12,14-15,19,27H,10-11,13H2,1H3,(H2,25,31,32). The van der Waals surface area contributed by atoms with Gasteiger partial charge in [0.25, 0.3) is 0 Å². The molecular formula is C24H24N4O6S4. The highest BCUT2D eigenvalue weighted by Gasteiger charge is 2.26. The lowest BCUT2D eigenvalue weighted by Crippen LogP contribution is -2.31. The molecule has 3 N–H and O–H groups in total. The van der Waals surface area contributed by atoms with Crippen molar-refractivity contribution in [2.45, 2.75) is 17.4 Å². The van der Waals surface area contributed by atoms with Gasteiger partial charge in [-0.25, -0.2) is 18.1 Å². The zero-order chi connectivity index (χ0) is 26.9. The molecule has 3 heterocycles. The molecule has 14 heteroatoms. The molecule has 10 nitrogen and oxygen atoms in total. The van der Waals surface area contributed by atoms with Gasteiger partial charge in [0.2, 0.25) is 10.0 Å². The molecule has 1 unspecified atom stereocenters. The lowest BCUT2D eigenvalue weighted by atomic mass is 10.0. The first kappa shape index (κ1) is 26.6. The Morgan fingerprint density at radius 3 is 2.63 bits per heavy atom. The van der Waals surface area contributed by atoms with E-state index in [9.17, 15) is 16.8 Å². The van der Waals surface area contributed by atoms with Crippen LogP contribution < -0.4 is 23.7 Å². The molecule has 1 atom stereocenters. The van der Waals surface area contributed by atoms with Crippen LogP contribution in [0.4, 0.5) is 5.69 Å². The minimum absolute atomic E-state index is 0.0565. The Bertz CT molecular complexity index is 1640. The smallest absolute Gasteiger partial charge is 0.380 e. The predicted molar refractivity (Wildman–Crippen MR) is 148 cm³/mol. The van der Waals surface area contributed by atoms with Crippen LogP contribution in [0, 0.1) is 0 Å². The number of sulfonamides is 1. The van der Waals surface area contributed by atoms with Crippen LogP contribution in [0.5, 0.6) is 11.5 Å². The Balaban J connectivity index is 1.44. The van der Waals surface area contributed by atoms with Crippen LogP contribution in [0.2, 0.25) is 0 Å². The van der Waals surface area contributed by atoms with Gasteiger partial charge in [-0.1, -0.05) is 18.2 Å². The summed E-state index contributed by atoms with van der Waals surface area (Å²) in [4.78, 5) is 7.81. The number of rotatable bonds is 9. The molecule has 200 valence electrons. The highest BCUT2D eigenvalue weighted by Crippen LogP contribution is 2.34. The van der Waals surface area contributed by atoms with E-state index in [0.29, 0.717) is 18.1 Å². The minimum Gasteiger partial charge on any atom is -0.490 e. The molecule has 0 amide bonds. The molecular weight excluding hydrogens is 569 g/mol. The zero-order valence-electron chi connectivity index (χ0n) is 20.1. The lowest BCUT2D eigenvalue weighted by molar-refractivity contribution is 0.310. The number of thiophene rings is 1. The van der Waals surface area contributed by atoms with Crippen LogP contribution in [-0.2, 0) is 26.7 Å². The maximum Gasteiger partial charge on any atom is 0.380 e. The number of hydrogen-bond acceptors (Lipinski definition) is 10. The zero-order valence-corrected chi connectivity index (χ0v) is 23.4. The SMILES string of the molecule is CN1CCOc2cc(S(=O)(=O)NC(Cc3ccc(OS(N)(=O)=O)cc3)c3csc(-c4cccs4)n3)ccc21. The highest BCUT2D eigenvalue weighted by molar-refractivity contribution is 7.89. The summed E-state index contributed by atoms with van der Waals surface area (Å²) in [6, 6.07) is 14.2. The van der Waals surface area contributed by atoms with E-state index in [4.69, 9.17) is 19.0 Å². The summed E-state index contributed by atoms with van der Waals surface area (Å²) in [5.41, 5.74) is 2.13. The summed E-state index contributed by atoms with van der Waals surface area (Å²) < 4.78 is 62.7. The lowest BCUT2D eigenvalue weighted by Gasteiger charge is -2.28. The van der Waals surface area contributed by atoms with E-state index >= 15 is 0 Å². The van der Waals surface area contributed by atoms with Crippen molar-refractivity contribution >= 4 is 48.7 Å². The molecule has 5 rings (SSSR count). The first-order valence-electron chi connectivity index (χ1n) is 11.4. The van der Waals surface area contributed by atoms with E-state index in [1.807, 2.05) is 34.8 Å². The Kier molecular flexibility index (Phi) is 7.44. The van der Waals surface area contributed by atoms with Crippen molar-refractivity contribution in [3.05, 3.63) is 76.6 Å². The Morgan fingerprint density at radius 2 is 1.92 bits per heavy atom. The van der Waals surface area contributed by atoms with E-state index in [2.05, 4.69) is 4.72 Å². The number of nitrogens with zero attached hydrogens (tertiary/aromatic N) is 2. The van der Waals surface area contributed by atoms with Crippen molar-refractivity contribution in [1.29, 1.82) is 0 Å². The quantitative estimate of drug-likeness (QED) is 0.301. The summed E-state index contributed by atoms with van der Waals surface area (Å²) in [6.45, 7) is 1.19. The topological polar surface area (TPSA) is 141 Å². The number of nitrogens with one attached hydrogen (secondary N) is 1. The molecule has 1 aliphatic heterocycles. The number of aromatic nitrogens is 1. The Morgan fingerprint density at radius 1 is 1.13 bits per heavy atom. The molecule has 2 aromatic carbocycles. The van der Waals surface area contributed by atoms with Crippen molar-refractivity contribution in [2.24, 2.45) is 5.14 Å². The van der Waals surface area contributed by atoms with E-state index in [-0.39, 0.29) is 17.1 Å². The fourth-order valence-electron chi connectivity index (χ4n) is 3.98. The predicted octanol–water partition coefficient (Wildman–Crippen LogP) is 3.54. The molecule has 0 aliphatic carbocycles. The number of hydrogen-bond donors (Lipinski definition) is 2. The van der Waals surface area contributed by atoms with Gasteiger partial charge in [0, 0.05) is 18.5 Å². The molecule has 4 aromatic rings. The monoisotopic (exact) mass is 592 g/mol. The van der Waals surface area contributed by atoms with E-state index < -0.39 is 26.4 Å². The van der Waals surface area contributed by atoms with Crippen LogP contribution in [-0.4, -0.2) is 42.0 Å². The first-order valence-corrected chi connectivity index (χ1v) is 16.1. The number of thiazole rings is 1. The van der Waals surface area contributed by atoms with Crippen molar-refractivity contribution in [3.8, 4) is 21.4 Å². The third-order valence-corrected chi connectivity index (χ3v) is 9.61. The Hall–Kier alpha value is -3.01. The van der Waals surface area contributed by atoms with E-state index in [1.165, 1.54) is 29.5 Å². The normalized spacial score (nSPS) is 14.5. The van der Waals surface area contributed by atoms with Gasteiger partial charge in [-0.15, -0.1) is 22.7 Å². The van der Waals surface area contributed by atoms with Crippen LogP contribution >= 0.6 is 22.7 Å². The van der Waals surface area contributed by atoms with Gasteiger partial charge in [-0.05, 0) is 47.7 Å². The molecule has 1 aliphatic rings. The van der Waals surface area contributed by atoms with Crippen molar-refractivity contribution in [3.63, 3.8) is 0 Å². The molecule has 2 aromatic heterocycles. The van der Waals surface area contributed by atoms with Crippen molar-refractivity contribution in [2.75, 3.05) is 25.1 Å². The van der Waals surface area contributed by atoms with Crippen LogP contribution in [0.3, 0.4) is 0 Å². The van der Waals surface area contributed by atoms with Gasteiger partial charge >= 0.3 is 10.3 Å². The average Bonchev–Trinajstić information content (AvgIpc) is 3.56. The van der Waals surface area contributed by atoms with Gasteiger partial charge in [-0.2, -0.15) is 13.6 Å². The molecule has 0 spiro atoms. The summed E-state index contributed by atoms with van der Waals surface area (Å²) in [5, 5.41) is 9.52. The second kappa shape index (κ2) is 10.6. The third-order valence-electron chi connectivity index (χ3n) is 5.82. The molecule has 0 radical (unpaired) electrons. The largest absolute Gasteiger partial charge is 0.490 e. The summed E-state index contributed by atoms with van der Waals surface area (Å²) >= 11 is 2.99. The maximum absolute atomic E-state index is 13.5. The van der Waals surface area contributed by atoms with Gasteiger partial charge in [0.05, 0.1) is 33.7 Å². The summed E-state index contributed by atoms with van der Waals surface area (Å²) in [7, 11) is -6.18. The number of fused-ring (bicyclic) bond motifs is 1. The van der Waals surface area contributed by atoms with E-state index in [1.54, 1.807) is 35.6 Å². The van der Waals surface area contributed by atoms with Crippen LogP contribution in [0.25, 0.3) is 9.88 Å². The van der Waals surface area contributed by atoms with Gasteiger partial charge in [0.1, 0.15) is 23.1 Å². The van der Waals surface area contributed by atoms with Crippen LogP contribution in [0.15, 0.2) is 70.3 Å². The average molecular weight is 593 g/mol. The molecule has 38 heavy (non-hydrogen) atoms. The van der Waals surface area contributed by atoms with Gasteiger partial charge < -0.3 is 13.8 Å². The Labute approximate surface area is 229 Å². The molecule has 0 saturated heterocycles. The highest BCUT2D eigenvalue weighted by atomic mass is 32.2. The second-order valence-electron chi connectivity index (χ2n) is 8.55. The molecule has 0 saturated carbocycles. The first-order chi connectivity index (χ1) is 18.1. The summed E-state index contributed by atoms with van der Waals surface area (Å²) in [6.07, 6.45) is 0.257. The fraction of sp³-hybridized carbons (Fsp3) is 0.208. The van der Waals surface area contributed by atoms with E-state index in [0.717, 1.165) is 27.7 Å². The second-order valence-corrected chi connectivity index (χ2v) is 13.2. The maximum atomic E-state index is 13.5. The van der Waals surface area contributed by atoms with Crippen molar-refractivity contribution < 1.29 is 25.8 Å². The van der Waals surface area contributed by atoms with Gasteiger partial charge in [-0.3, -0.25) is 0 Å². The number of nitrogens with two attached hydrogens (primary N) is 1. The fourth-order valence-corrected chi connectivity index (χ4v) is 7.27. The number of ether oxygens (including phenoxy) is 1. The third kappa shape index (κ3) is 6.17. The van der Waals surface area contributed by atoms with Crippen LogP contribution in [0.1, 0.15) is 17.3 Å². The molecule has 0 bridgehead atoms.